The molecule has 7 aromatic rings. The van der Waals surface area contributed by atoms with Crippen molar-refractivity contribution in [2.75, 3.05) is 5.01 Å². The Hall–Kier alpha value is -5.75. The first kappa shape index (κ1) is 32.5. The Bertz CT molecular complexity index is 2340. The van der Waals surface area contributed by atoms with E-state index in [1.54, 1.807) is 0 Å². The van der Waals surface area contributed by atoms with Crippen molar-refractivity contribution in [2.24, 2.45) is 10.5 Å². The average molecular weight is 704 g/mol. The number of nitrogens with zero attached hydrogens (tertiary/aromatic N) is 4. The highest BCUT2D eigenvalue weighted by Gasteiger charge is 2.56. The van der Waals surface area contributed by atoms with Crippen LogP contribution in [-0.2, 0) is 0 Å². The molecule has 6 aromatic carbocycles. The van der Waals surface area contributed by atoms with Crippen molar-refractivity contribution in [1.82, 2.24) is 9.78 Å². The summed E-state index contributed by atoms with van der Waals surface area (Å²) in [7, 11) is 0. The van der Waals surface area contributed by atoms with Crippen LogP contribution in [0.3, 0.4) is 0 Å². The van der Waals surface area contributed by atoms with Gasteiger partial charge in [0.25, 0.3) is 0 Å². The molecule has 0 fully saturated rings. The second kappa shape index (κ2) is 13.5. The number of Topliss-reactive ketones (excluding diaryl/α,β-unsaturated/α-hetero) is 1. The Kier molecular flexibility index (Phi) is 8.60. The van der Waals surface area contributed by atoms with Gasteiger partial charge >= 0.3 is 0 Å². The van der Waals surface area contributed by atoms with Gasteiger partial charge in [0.2, 0.25) is 0 Å². The summed E-state index contributed by atoms with van der Waals surface area (Å²) >= 11 is 12.8. The summed E-state index contributed by atoms with van der Waals surface area (Å²) < 4.78 is 1.89. The third-order valence-electron chi connectivity index (χ3n) is 9.49. The summed E-state index contributed by atoms with van der Waals surface area (Å²) in [5, 5.41) is 13.8. The molecule has 2 atom stereocenters. The lowest BCUT2D eigenvalue weighted by molar-refractivity contribution is 0.0870. The van der Waals surface area contributed by atoms with Crippen molar-refractivity contribution in [2.45, 2.75) is 13.0 Å². The molecule has 1 aliphatic rings. The number of rotatable bonds is 8. The number of carbonyl (C=O) groups is 1. The number of carbonyl (C=O) groups excluding carboxylic acids is 1. The fourth-order valence-corrected chi connectivity index (χ4v) is 7.31. The Balaban J connectivity index is 1.46. The summed E-state index contributed by atoms with van der Waals surface area (Å²) in [6.07, 6.45) is 0. The summed E-state index contributed by atoms with van der Waals surface area (Å²) in [6, 6.07) is 54.6. The number of para-hydroxylation sites is 2. The Morgan fingerprint density at radius 1 is 0.588 bits per heavy atom. The maximum atomic E-state index is 16.3. The van der Waals surface area contributed by atoms with Crippen molar-refractivity contribution in [1.29, 1.82) is 0 Å². The molecule has 1 aromatic heterocycles. The zero-order valence-electron chi connectivity index (χ0n) is 27.7. The minimum Gasteiger partial charge on any atom is -0.293 e. The second-order valence-corrected chi connectivity index (χ2v) is 13.5. The molecule has 7 heteroatoms. The van der Waals surface area contributed by atoms with E-state index in [1.165, 1.54) is 0 Å². The van der Waals surface area contributed by atoms with Crippen LogP contribution in [0.4, 0.5) is 5.69 Å². The molecule has 0 saturated carbocycles. The third-order valence-corrected chi connectivity index (χ3v) is 10.00. The van der Waals surface area contributed by atoms with Crippen LogP contribution < -0.4 is 5.01 Å². The van der Waals surface area contributed by atoms with Gasteiger partial charge in [-0.25, -0.2) is 4.68 Å². The Labute approximate surface area is 307 Å². The molecule has 0 radical (unpaired) electrons. The van der Waals surface area contributed by atoms with Crippen LogP contribution in [0.2, 0.25) is 10.0 Å². The standard InChI is InChI=1S/C44H32Cl2N4O/c1-44(41(32-24-28-35(46)29-25-32)48-50(37-20-12-5-13-21-37)42(44)33-16-8-3-9-17-33)43(51)38-39(30-22-26-34(45)27-23-30)47-49(36-18-10-4-11-19-36)40(38)31-14-6-2-7-15-31/h2-29,42H,1H3. The number of hydrazone groups is 1. The largest absolute Gasteiger partial charge is 0.293 e. The quantitative estimate of drug-likeness (QED) is 0.148. The normalized spacial score (nSPS) is 17.0. The zero-order chi connectivity index (χ0) is 35.0. The minimum atomic E-state index is -1.22. The predicted molar refractivity (Wildman–Crippen MR) is 208 cm³/mol. The molecule has 0 spiro atoms. The van der Waals surface area contributed by atoms with Crippen LogP contribution in [0, 0.1) is 5.41 Å². The van der Waals surface area contributed by atoms with Gasteiger partial charge in [-0.15, -0.1) is 0 Å². The van der Waals surface area contributed by atoms with E-state index < -0.39 is 11.5 Å². The van der Waals surface area contributed by atoms with Gasteiger partial charge < -0.3 is 0 Å². The number of benzene rings is 6. The molecule has 0 amide bonds. The van der Waals surface area contributed by atoms with Gasteiger partial charge in [-0.1, -0.05) is 145 Å². The Morgan fingerprint density at radius 2 is 1.08 bits per heavy atom. The summed E-state index contributed by atoms with van der Waals surface area (Å²) in [6.45, 7) is 2.02. The maximum Gasteiger partial charge on any atom is 0.181 e. The molecular formula is C44H32Cl2N4O. The topological polar surface area (TPSA) is 50.5 Å². The lowest BCUT2D eigenvalue weighted by Crippen LogP contribution is -2.42. The van der Waals surface area contributed by atoms with Crippen LogP contribution >= 0.6 is 23.2 Å². The molecule has 8 rings (SSSR count). The van der Waals surface area contributed by atoms with Crippen molar-refractivity contribution in [3.63, 3.8) is 0 Å². The van der Waals surface area contributed by atoms with E-state index in [0.29, 0.717) is 32.7 Å². The molecule has 248 valence electrons. The Morgan fingerprint density at radius 3 is 1.65 bits per heavy atom. The first-order valence-corrected chi connectivity index (χ1v) is 17.5. The van der Waals surface area contributed by atoms with Gasteiger partial charge in [0.05, 0.1) is 34.4 Å². The van der Waals surface area contributed by atoms with Crippen LogP contribution in [0.5, 0.6) is 0 Å². The van der Waals surface area contributed by atoms with Crippen molar-refractivity contribution < 1.29 is 4.79 Å². The summed E-state index contributed by atoms with van der Waals surface area (Å²) in [5.41, 5.74) is 6.25. The van der Waals surface area contributed by atoms with Crippen molar-refractivity contribution >= 4 is 40.4 Å². The summed E-state index contributed by atoms with van der Waals surface area (Å²) in [5.74, 6) is -0.116. The summed E-state index contributed by atoms with van der Waals surface area (Å²) in [4.78, 5) is 16.3. The van der Waals surface area contributed by atoms with E-state index >= 15 is 4.79 Å². The molecule has 51 heavy (non-hydrogen) atoms. The van der Waals surface area contributed by atoms with Crippen molar-refractivity contribution in [3.8, 4) is 28.2 Å². The van der Waals surface area contributed by atoms with Gasteiger partial charge in [-0.2, -0.15) is 10.2 Å². The molecule has 1 aliphatic heterocycles. The fraction of sp³-hybridized carbons (Fsp3) is 0.0682. The van der Waals surface area contributed by atoms with Crippen LogP contribution in [-0.4, -0.2) is 21.3 Å². The first-order chi connectivity index (χ1) is 24.9. The smallest absolute Gasteiger partial charge is 0.181 e. The number of anilines is 1. The zero-order valence-corrected chi connectivity index (χ0v) is 29.2. The molecular weight excluding hydrogens is 671 g/mol. The van der Waals surface area contributed by atoms with E-state index in [0.717, 1.165) is 33.6 Å². The monoisotopic (exact) mass is 702 g/mol. The van der Waals surface area contributed by atoms with Gasteiger partial charge in [0, 0.05) is 21.2 Å². The lowest BCUT2D eigenvalue weighted by atomic mass is 9.68. The first-order valence-electron chi connectivity index (χ1n) is 16.7. The molecule has 0 bridgehead atoms. The van der Waals surface area contributed by atoms with E-state index in [2.05, 4.69) is 12.1 Å². The predicted octanol–water partition coefficient (Wildman–Crippen LogP) is 11.4. The SMILES string of the molecule is CC1(C(=O)c2c(-c3ccc(Cl)cc3)nn(-c3ccccc3)c2-c2ccccc2)C(c2ccc(Cl)cc2)=NN(c2ccccc2)C1c1ccccc1. The number of hydrogen-bond acceptors (Lipinski definition) is 4. The van der Waals surface area contributed by atoms with E-state index in [4.69, 9.17) is 33.4 Å². The van der Waals surface area contributed by atoms with Gasteiger partial charge in [-0.3, -0.25) is 9.80 Å². The van der Waals surface area contributed by atoms with Gasteiger partial charge in [-0.05, 0) is 66.6 Å². The lowest BCUT2D eigenvalue weighted by Gasteiger charge is -2.35. The number of halogens is 2. The molecule has 2 heterocycles. The number of hydrogen-bond donors (Lipinski definition) is 0. The number of aromatic nitrogens is 2. The van der Waals surface area contributed by atoms with Crippen LogP contribution in [0.1, 0.15) is 34.5 Å². The van der Waals surface area contributed by atoms with E-state index in [1.807, 2.05) is 174 Å². The van der Waals surface area contributed by atoms with E-state index in [-0.39, 0.29) is 5.78 Å². The molecule has 2 unspecified atom stereocenters. The molecule has 0 saturated heterocycles. The highest BCUT2D eigenvalue weighted by molar-refractivity contribution is 6.31. The van der Waals surface area contributed by atoms with Crippen LogP contribution in [0.15, 0.2) is 175 Å². The highest BCUT2D eigenvalue weighted by atomic mass is 35.5. The fourth-order valence-electron chi connectivity index (χ4n) is 7.06. The van der Waals surface area contributed by atoms with Crippen molar-refractivity contribution in [3.05, 3.63) is 197 Å². The highest BCUT2D eigenvalue weighted by Crippen LogP contribution is 2.52. The molecule has 0 N–H and O–H groups in total. The minimum absolute atomic E-state index is 0.116. The van der Waals surface area contributed by atoms with E-state index in [9.17, 15) is 0 Å². The van der Waals surface area contributed by atoms with Crippen LogP contribution in [0.25, 0.3) is 28.2 Å². The molecule has 5 nitrogen and oxygen atoms in total. The second-order valence-electron chi connectivity index (χ2n) is 12.7. The maximum absolute atomic E-state index is 16.3. The van der Waals surface area contributed by atoms with Gasteiger partial charge in [0.15, 0.2) is 5.78 Å². The molecule has 0 aliphatic carbocycles. The number of ketones is 1. The average Bonchev–Trinajstić information content (AvgIpc) is 3.73. The van der Waals surface area contributed by atoms with Gasteiger partial charge in [0.1, 0.15) is 11.1 Å². The third kappa shape index (κ3) is 5.84.